The average molecular weight is 249 g/mol. The summed E-state index contributed by atoms with van der Waals surface area (Å²) in [5, 5.41) is 0. The van der Waals surface area contributed by atoms with E-state index in [1.54, 1.807) is 7.11 Å². The van der Waals surface area contributed by atoms with Crippen LogP contribution < -0.4 is 15.4 Å². The first-order valence-corrected chi connectivity index (χ1v) is 6.58. The van der Waals surface area contributed by atoms with Crippen molar-refractivity contribution in [3.63, 3.8) is 0 Å². The molecule has 1 fully saturated rings. The number of nitrogen functional groups attached to an aromatic ring is 1. The number of para-hydroxylation sites is 1. The Bertz CT molecular complexity index is 389. The molecule has 0 atom stereocenters. The number of anilines is 2. The van der Waals surface area contributed by atoms with Crippen LogP contribution in [0.15, 0.2) is 18.2 Å². The van der Waals surface area contributed by atoms with Crippen LogP contribution in [0.2, 0.25) is 0 Å². The van der Waals surface area contributed by atoms with E-state index in [4.69, 9.17) is 10.5 Å². The highest BCUT2D eigenvalue weighted by Gasteiger charge is 2.13. The quantitative estimate of drug-likeness (QED) is 0.808. The third-order valence-electron chi connectivity index (χ3n) is 3.62. The van der Waals surface area contributed by atoms with Crippen LogP contribution in [0.5, 0.6) is 5.75 Å². The normalized spacial score (nSPS) is 15.9. The number of ether oxygens (including phenoxy) is 1. The SMILES string of the molecule is COc1cccc(N(C)CCN2CCCC2)c1N. The standard InChI is InChI=1S/C14H23N3O/c1-16(10-11-17-8-3-4-9-17)12-6-5-7-13(18-2)14(12)15/h5-7H,3-4,8-11,15H2,1-2H3. The molecular formula is C14H23N3O. The van der Waals surface area contributed by atoms with E-state index in [1.807, 2.05) is 18.2 Å². The molecule has 1 heterocycles. The van der Waals surface area contributed by atoms with Crippen molar-refractivity contribution < 1.29 is 4.74 Å². The van der Waals surface area contributed by atoms with Gasteiger partial charge in [0.15, 0.2) is 0 Å². The van der Waals surface area contributed by atoms with Gasteiger partial charge >= 0.3 is 0 Å². The van der Waals surface area contributed by atoms with E-state index in [0.29, 0.717) is 0 Å². The highest BCUT2D eigenvalue weighted by atomic mass is 16.5. The lowest BCUT2D eigenvalue weighted by Crippen LogP contribution is -2.31. The number of nitrogens with two attached hydrogens (primary N) is 1. The maximum atomic E-state index is 6.10. The molecule has 1 aliphatic rings. The zero-order valence-corrected chi connectivity index (χ0v) is 11.4. The maximum absolute atomic E-state index is 6.10. The minimum absolute atomic E-state index is 0.726. The van der Waals surface area contributed by atoms with Crippen LogP contribution in [0, 0.1) is 0 Å². The number of rotatable bonds is 5. The van der Waals surface area contributed by atoms with Crippen LogP contribution in [-0.4, -0.2) is 45.2 Å². The number of methoxy groups -OCH3 is 1. The molecule has 4 heteroatoms. The van der Waals surface area contributed by atoms with Gasteiger partial charge in [-0.3, -0.25) is 0 Å². The lowest BCUT2D eigenvalue weighted by Gasteiger charge is -2.24. The van der Waals surface area contributed by atoms with Gasteiger partial charge in [0.2, 0.25) is 0 Å². The first-order valence-electron chi connectivity index (χ1n) is 6.58. The summed E-state index contributed by atoms with van der Waals surface area (Å²) >= 11 is 0. The van der Waals surface area contributed by atoms with Crippen LogP contribution in [0.4, 0.5) is 11.4 Å². The van der Waals surface area contributed by atoms with E-state index in [9.17, 15) is 0 Å². The molecule has 0 radical (unpaired) electrons. The Hall–Kier alpha value is -1.42. The molecule has 2 N–H and O–H groups in total. The Labute approximate surface area is 109 Å². The maximum Gasteiger partial charge on any atom is 0.143 e. The van der Waals surface area contributed by atoms with Crippen molar-refractivity contribution in [3.8, 4) is 5.75 Å². The number of likely N-dealkylation sites (N-methyl/N-ethyl adjacent to an activating group) is 1. The van der Waals surface area contributed by atoms with Crippen LogP contribution in [-0.2, 0) is 0 Å². The second-order valence-electron chi connectivity index (χ2n) is 4.86. The lowest BCUT2D eigenvalue weighted by atomic mass is 10.2. The minimum atomic E-state index is 0.726. The minimum Gasteiger partial charge on any atom is -0.495 e. The molecule has 18 heavy (non-hydrogen) atoms. The molecule has 1 aromatic carbocycles. The van der Waals surface area contributed by atoms with E-state index in [1.165, 1.54) is 25.9 Å². The molecule has 100 valence electrons. The topological polar surface area (TPSA) is 41.7 Å². The monoisotopic (exact) mass is 249 g/mol. The molecule has 0 aromatic heterocycles. The number of hydrogen-bond acceptors (Lipinski definition) is 4. The Kier molecular flexibility index (Phi) is 4.31. The van der Waals surface area contributed by atoms with Gasteiger partial charge in [-0.15, -0.1) is 0 Å². The molecule has 2 rings (SSSR count). The van der Waals surface area contributed by atoms with Crippen LogP contribution in [0.1, 0.15) is 12.8 Å². The van der Waals surface area contributed by atoms with E-state index in [2.05, 4.69) is 16.8 Å². The Morgan fingerprint density at radius 3 is 2.72 bits per heavy atom. The first kappa shape index (κ1) is 13.0. The third kappa shape index (κ3) is 2.88. The molecule has 0 saturated carbocycles. The van der Waals surface area contributed by atoms with Gasteiger partial charge in [-0.2, -0.15) is 0 Å². The number of nitrogens with zero attached hydrogens (tertiary/aromatic N) is 2. The van der Waals surface area contributed by atoms with Crippen molar-refractivity contribution in [2.75, 3.05) is 51.0 Å². The molecule has 0 unspecified atom stereocenters. The zero-order valence-electron chi connectivity index (χ0n) is 11.4. The van der Waals surface area contributed by atoms with E-state index in [0.717, 1.165) is 30.2 Å². The second kappa shape index (κ2) is 5.96. The number of benzene rings is 1. The van der Waals surface area contributed by atoms with E-state index >= 15 is 0 Å². The van der Waals surface area contributed by atoms with Crippen molar-refractivity contribution in [2.24, 2.45) is 0 Å². The Morgan fingerprint density at radius 2 is 2.06 bits per heavy atom. The summed E-state index contributed by atoms with van der Waals surface area (Å²) in [5.74, 6) is 0.750. The fourth-order valence-corrected chi connectivity index (χ4v) is 2.46. The summed E-state index contributed by atoms with van der Waals surface area (Å²) in [6, 6.07) is 5.92. The Morgan fingerprint density at radius 1 is 1.33 bits per heavy atom. The number of hydrogen-bond donors (Lipinski definition) is 1. The summed E-state index contributed by atoms with van der Waals surface area (Å²) in [4.78, 5) is 4.71. The predicted octanol–water partition coefficient (Wildman–Crippen LogP) is 1.81. The highest BCUT2D eigenvalue weighted by molar-refractivity contribution is 5.73. The van der Waals surface area contributed by atoms with Crippen LogP contribution in [0.3, 0.4) is 0 Å². The third-order valence-corrected chi connectivity index (χ3v) is 3.62. The molecule has 1 aromatic rings. The lowest BCUT2D eigenvalue weighted by molar-refractivity contribution is 0.346. The second-order valence-corrected chi connectivity index (χ2v) is 4.86. The summed E-state index contributed by atoms with van der Waals surface area (Å²) in [7, 11) is 3.74. The van der Waals surface area contributed by atoms with Gasteiger partial charge in [-0.1, -0.05) is 6.07 Å². The average Bonchev–Trinajstić information content (AvgIpc) is 2.89. The smallest absolute Gasteiger partial charge is 0.143 e. The van der Waals surface area contributed by atoms with Gasteiger partial charge in [-0.25, -0.2) is 0 Å². The summed E-state index contributed by atoms with van der Waals surface area (Å²) in [6.45, 7) is 4.58. The Balaban J connectivity index is 1.97. The summed E-state index contributed by atoms with van der Waals surface area (Å²) in [6.07, 6.45) is 2.68. The summed E-state index contributed by atoms with van der Waals surface area (Å²) in [5.41, 5.74) is 7.87. The molecule has 0 aliphatic carbocycles. The van der Waals surface area contributed by atoms with Crippen molar-refractivity contribution in [3.05, 3.63) is 18.2 Å². The first-order chi connectivity index (χ1) is 8.72. The zero-order chi connectivity index (χ0) is 13.0. The van der Waals surface area contributed by atoms with Gasteiger partial charge in [0.05, 0.1) is 18.5 Å². The fourth-order valence-electron chi connectivity index (χ4n) is 2.46. The van der Waals surface area contributed by atoms with Gasteiger partial charge in [0.1, 0.15) is 5.75 Å². The van der Waals surface area contributed by atoms with Crippen molar-refractivity contribution in [1.82, 2.24) is 4.90 Å². The molecular weight excluding hydrogens is 226 g/mol. The molecule has 4 nitrogen and oxygen atoms in total. The fraction of sp³-hybridized carbons (Fsp3) is 0.571. The van der Waals surface area contributed by atoms with Crippen molar-refractivity contribution in [2.45, 2.75) is 12.8 Å². The van der Waals surface area contributed by atoms with Crippen molar-refractivity contribution in [1.29, 1.82) is 0 Å². The van der Waals surface area contributed by atoms with E-state index in [-0.39, 0.29) is 0 Å². The van der Waals surface area contributed by atoms with Gasteiger partial charge < -0.3 is 20.3 Å². The molecule has 0 bridgehead atoms. The predicted molar refractivity (Wildman–Crippen MR) is 76.4 cm³/mol. The highest BCUT2D eigenvalue weighted by Crippen LogP contribution is 2.31. The number of likely N-dealkylation sites (tertiary alicyclic amines) is 1. The van der Waals surface area contributed by atoms with Gasteiger partial charge in [0.25, 0.3) is 0 Å². The van der Waals surface area contributed by atoms with Crippen LogP contribution >= 0.6 is 0 Å². The molecule has 0 spiro atoms. The summed E-state index contributed by atoms with van der Waals surface area (Å²) < 4.78 is 5.25. The van der Waals surface area contributed by atoms with Crippen LogP contribution in [0.25, 0.3) is 0 Å². The largest absolute Gasteiger partial charge is 0.495 e. The van der Waals surface area contributed by atoms with Gasteiger partial charge in [0, 0.05) is 20.1 Å². The molecule has 1 aliphatic heterocycles. The molecule has 0 amide bonds. The molecule has 1 saturated heterocycles. The van der Waals surface area contributed by atoms with E-state index < -0.39 is 0 Å². The van der Waals surface area contributed by atoms with Gasteiger partial charge in [-0.05, 0) is 38.1 Å². The van der Waals surface area contributed by atoms with Crippen molar-refractivity contribution >= 4 is 11.4 Å².